The summed E-state index contributed by atoms with van der Waals surface area (Å²) in [5.74, 6) is 0.299. The highest BCUT2D eigenvalue weighted by Crippen LogP contribution is 2.09. The molecule has 3 N–H and O–H groups in total. The van der Waals surface area contributed by atoms with E-state index in [0.717, 1.165) is 37.9 Å². The molecule has 0 atom stereocenters. The van der Waals surface area contributed by atoms with Gasteiger partial charge < -0.3 is 10.6 Å². The molecular formula is C14H22N2O4S. The van der Waals surface area contributed by atoms with Crippen molar-refractivity contribution < 1.29 is 17.8 Å². The molecule has 0 bridgehead atoms. The van der Waals surface area contributed by atoms with Crippen molar-refractivity contribution in [1.82, 2.24) is 4.90 Å². The fourth-order valence-electron chi connectivity index (χ4n) is 1.93. The van der Waals surface area contributed by atoms with Crippen molar-refractivity contribution in [3.63, 3.8) is 0 Å². The van der Waals surface area contributed by atoms with E-state index in [1.54, 1.807) is 12.1 Å². The summed E-state index contributed by atoms with van der Waals surface area (Å²) in [6.07, 6.45) is 2.71. The van der Waals surface area contributed by atoms with Gasteiger partial charge in [-0.15, -0.1) is 0 Å². The van der Waals surface area contributed by atoms with Crippen LogP contribution in [0.3, 0.4) is 0 Å². The maximum atomic E-state index is 11.0. The van der Waals surface area contributed by atoms with Crippen LogP contribution in [-0.4, -0.2) is 43.4 Å². The predicted molar refractivity (Wildman–Crippen MR) is 80.5 cm³/mol. The molecule has 118 valence electrons. The van der Waals surface area contributed by atoms with Gasteiger partial charge in [0, 0.05) is 19.5 Å². The Morgan fingerprint density at radius 3 is 2.33 bits per heavy atom. The van der Waals surface area contributed by atoms with Crippen LogP contribution in [0.25, 0.3) is 0 Å². The predicted octanol–water partition coefficient (Wildman–Crippen LogP) is 1.20. The van der Waals surface area contributed by atoms with Crippen molar-refractivity contribution in [2.75, 3.05) is 19.6 Å². The average molecular weight is 314 g/mol. The molecule has 1 aliphatic heterocycles. The molecule has 1 saturated heterocycles. The maximum Gasteiger partial charge on any atom is 0.294 e. The van der Waals surface area contributed by atoms with Crippen LogP contribution in [0, 0.1) is 6.92 Å². The molecule has 1 aliphatic rings. The van der Waals surface area contributed by atoms with Gasteiger partial charge in [-0.3, -0.25) is 9.35 Å². The Kier molecular flexibility index (Phi) is 6.80. The third-order valence-corrected chi connectivity index (χ3v) is 3.99. The SMILES string of the molecule is Cc1ccc(S(=O)(=O)O)cc1.NCCCN1CCCC1=O. The standard InChI is InChI=1S/C7H14N2O.C7H8O3S/c8-4-2-6-9-5-1-3-7(9)10;1-6-2-4-7(5-3-6)11(8,9)10/h1-6,8H2;2-5H,1H3,(H,8,9,10). The van der Waals surface area contributed by atoms with E-state index in [1.165, 1.54) is 12.1 Å². The Balaban J connectivity index is 0.000000211. The minimum Gasteiger partial charge on any atom is -0.343 e. The number of nitrogens with zero attached hydrogens (tertiary/aromatic N) is 1. The van der Waals surface area contributed by atoms with Crippen LogP contribution in [0.4, 0.5) is 0 Å². The van der Waals surface area contributed by atoms with Gasteiger partial charge in [0.1, 0.15) is 0 Å². The second kappa shape index (κ2) is 8.11. The molecule has 0 aromatic heterocycles. The lowest BCUT2D eigenvalue weighted by Crippen LogP contribution is -2.27. The van der Waals surface area contributed by atoms with Crippen LogP contribution in [0.15, 0.2) is 29.2 Å². The number of hydrogen-bond acceptors (Lipinski definition) is 4. The van der Waals surface area contributed by atoms with Crippen LogP contribution in [-0.2, 0) is 14.9 Å². The van der Waals surface area contributed by atoms with Crippen molar-refractivity contribution >= 4 is 16.0 Å². The summed E-state index contributed by atoms with van der Waals surface area (Å²) in [6.45, 7) is 4.33. The van der Waals surface area contributed by atoms with Crippen LogP contribution < -0.4 is 5.73 Å². The number of carbonyl (C=O) groups is 1. The molecule has 0 radical (unpaired) electrons. The van der Waals surface area contributed by atoms with Crippen molar-refractivity contribution in [3.05, 3.63) is 29.8 Å². The van der Waals surface area contributed by atoms with Crippen LogP contribution >= 0.6 is 0 Å². The maximum absolute atomic E-state index is 11.0. The lowest BCUT2D eigenvalue weighted by atomic mass is 10.2. The molecule has 6 nitrogen and oxygen atoms in total. The summed E-state index contributed by atoms with van der Waals surface area (Å²) in [4.78, 5) is 12.8. The lowest BCUT2D eigenvalue weighted by molar-refractivity contribution is -0.127. The van der Waals surface area contributed by atoms with Gasteiger partial charge in [0.2, 0.25) is 5.91 Å². The first-order valence-corrected chi connectivity index (χ1v) is 8.30. The van der Waals surface area contributed by atoms with E-state index in [2.05, 4.69) is 0 Å². The highest BCUT2D eigenvalue weighted by Gasteiger charge is 2.18. The van der Waals surface area contributed by atoms with Crippen molar-refractivity contribution in [2.24, 2.45) is 5.73 Å². The summed E-state index contributed by atoms with van der Waals surface area (Å²) >= 11 is 0. The Labute approximate surface area is 125 Å². The van der Waals surface area contributed by atoms with Gasteiger partial charge in [-0.2, -0.15) is 8.42 Å². The van der Waals surface area contributed by atoms with Gasteiger partial charge in [-0.1, -0.05) is 17.7 Å². The molecule has 0 saturated carbocycles. The Bertz CT molecular complexity index is 555. The second-order valence-electron chi connectivity index (χ2n) is 4.91. The third kappa shape index (κ3) is 6.24. The van der Waals surface area contributed by atoms with Crippen molar-refractivity contribution in [2.45, 2.75) is 31.1 Å². The first-order valence-electron chi connectivity index (χ1n) is 6.86. The summed E-state index contributed by atoms with van der Waals surface area (Å²) < 4.78 is 29.6. The summed E-state index contributed by atoms with van der Waals surface area (Å²) in [7, 11) is -4.02. The zero-order valence-corrected chi connectivity index (χ0v) is 13.0. The molecule has 2 rings (SSSR count). The molecule has 1 amide bonds. The molecule has 1 aromatic carbocycles. The fourth-order valence-corrected chi connectivity index (χ4v) is 2.41. The molecule has 7 heteroatoms. The van der Waals surface area contributed by atoms with E-state index in [4.69, 9.17) is 10.3 Å². The Morgan fingerprint density at radius 1 is 1.29 bits per heavy atom. The van der Waals surface area contributed by atoms with Gasteiger partial charge in [-0.25, -0.2) is 0 Å². The fraction of sp³-hybridized carbons (Fsp3) is 0.500. The van der Waals surface area contributed by atoms with E-state index in [1.807, 2.05) is 11.8 Å². The second-order valence-corrected chi connectivity index (χ2v) is 6.34. The van der Waals surface area contributed by atoms with Crippen LogP contribution in [0.1, 0.15) is 24.8 Å². The van der Waals surface area contributed by atoms with Crippen molar-refractivity contribution in [1.29, 1.82) is 0 Å². The third-order valence-electron chi connectivity index (χ3n) is 3.12. The molecule has 0 aliphatic carbocycles. The number of amides is 1. The number of rotatable bonds is 4. The molecule has 21 heavy (non-hydrogen) atoms. The number of carbonyl (C=O) groups excluding carboxylic acids is 1. The van der Waals surface area contributed by atoms with E-state index in [0.29, 0.717) is 12.5 Å². The summed E-state index contributed by atoms with van der Waals surface area (Å²) in [5.41, 5.74) is 6.27. The van der Waals surface area contributed by atoms with Crippen LogP contribution in [0.5, 0.6) is 0 Å². The van der Waals surface area contributed by atoms with Gasteiger partial charge in [-0.05, 0) is 38.4 Å². The van der Waals surface area contributed by atoms with Crippen molar-refractivity contribution in [3.8, 4) is 0 Å². The van der Waals surface area contributed by atoms with E-state index in [9.17, 15) is 13.2 Å². The Morgan fingerprint density at radius 2 is 1.90 bits per heavy atom. The van der Waals surface area contributed by atoms with E-state index >= 15 is 0 Å². The first kappa shape index (κ1) is 17.6. The molecule has 1 aromatic rings. The smallest absolute Gasteiger partial charge is 0.294 e. The van der Waals surface area contributed by atoms with Gasteiger partial charge in [0.25, 0.3) is 10.1 Å². The largest absolute Gasteiger partial charge is 0.343 e. The van der Waals surface area contributed by atoms with Crippen LogP contribution in [0.2, 0.25) is 0 Å². The molecular weight excluding hydrogens is 292 g/mol. The highest BCUT2D eigenvalue weighted by atomic mass is 32.2. The van der Waals surface area contributed by atoms with Gasteiger partial charge >= 0.3 is 0 Å². The minimum absolute atomic E-state index is 0.0666. The number of aryl methyl sites for hydroxylation is 1. The first-order chi connectivity index (χ1) is 9.84. The minimum atomic E-state index is -4.02. The average Bonchev–Trinajstić information content (AvgIpc) is 2.82. The zero-order chi connectivity index (χ0) is 15.9. The normalized spacial score (nSPS) is 14.8. The van der Waals surface area contributed by atoms with Gasteiger partial charge in [0.15, 0.2) is 0 Å². The highest BCUT2D eigenvalue weighted by molar-refractivity contribution is 7.85. The molecule has 1 fully saturated rings. The number of benzene rings is 1. The Hall–Kier alpha value is -1.44. The summed E-state index contributed by atoms with van der Waals surface area (Å²) in [6, 6.07) is 5.99. The van der Waals surface area contributed by atoms with Gasteiger partial charge in [0.05, 0.1) is 4.90 Å². The molecule has 0 spiro atoms. The van der Waals surface area contributed by atoms with E-state index < -0.39 is 10.1 Å². The molecule has 1 heterocycles. The zero-order valence-electron chi connectivity index (χ0n) is 12.2. The monoisotopic (exact) mass is 314 g/mol. The topological polar surface area (TPSA) is 101 Å². The number of hydrogen-bond donors (Lipinski definition) is 2. The van der Waals surface area contributed by atoms with E-state index in [-0.39, 0.29) is 4.90 Å². The summed E-state index contributed by atoms with van der Waals surface area (Å²) in [5, 5.41) is 0. The number of likely N-dealkylation sites (tertiary alicyclic amines) is 1. The molecule has 0 unspecified atom stereocenters. The lowest BCUT2D eigenvalue weighted by Gasteiger charge is -2.13. The quantitative estimate of drug-likeness (QED) is 0.813. The number of nitrogens with two attached hydrogens (primary N) is 1.